The molecular formula is C14H23N3S. The van der Waals surface area contributed by atoms with Crippen molar-refractivity contribution in [2.75, 3.05) is 5.32 Å². The van der Waals surface area contributed by atoms with Crippen molar-refractivity contribution in [1.82, 2.24) is 4.98 Å². The van der Waals surface area contributed by atoms with Crippen molar-refractivity contribution >= 4 is 22.9 Å². The first-order valence-electron chi connectivity index (χ1n) is 6.39. The number of nitrogens with two attached hydrogens (primary N) is 1. The average Bonchev–Trinajstić information content (AvgIpc) is 2.27. The van der Waals surface area contributed by atoms with Crippen LogP contribution in [0.2, 0.25) is 0 Å². The lowest BCUT2D eigenvalue weighted by Crippen LogP contribution is -2.34. The first kappa shape index (κ1) is 14.9. The van der Waals surface area contributed by atoms with Crippen LogP contribution in [0.15, 0.2) is 6.07 Å². The fourth-order valence-corrected chi connectivity index (χ4v) is 2.25. The summed E-state index contributed by atoms with van der Waals surface area (Å²) >= 11 is 5.14. The zero-order valence-corrected chi connectivity index (χ0v) is 12.7. The van der Waals surface area contributed by atoms with Gasteiger partial charge in [0.2, 0.25) is 0 Å². The summed E-state index contributed by atoms with van der Waals surface area (Å²) in [6, 6.07) is 2.02. The van der Waals surface area contributed by atoms with Gasteiger partial charge in [-0.05, 0) is 39.7 Å². The van der Waals surface area contributed by atoms with Gasteiger partial charge in [0.1, 0.15) is 4.99 Å². The summed E-state index contributed by atoms with van der Waals surface area (Å²) in [6.07, 6.45) is 2.08. The van der Waals surface area contributed by atoms with Gasteiger partial charge in [-0.15, -0.1) is 0 Å². The van der Waals surface area contributed by atoms with Crippen LogP contribution in [0.25, 0.3) is 0 Å². The molecule has 0 atom stereocenters. The molecule has 0 fully saturated rings. The molecule has 4 heteroatoms. The standard InChI is InChI=1S/C14H23N3S/c1-6-14(5,7-2)17-11-8-9(3)16-10(4)12(11)13(15)18/h8H,6-7H2,1-5H3,(H2,15,18)(H,16,17). The van der Waals surface area contributed by atoms with E-state index in [1.54, 1.807) is 0 Å². The molecule has 18 heavy (non-hydrogen) atoms. The highest BCUT2D eigenvalue weighted by Gasteiger charge is 2.22. The highest BCUT2D eigenvalue weighted by atomic mass is 32.1. The minimum atomic E-state index is 0.0553. The molecule has 0 unspecified atom stereocenters. The maximum atomic E-state index is 5.82. The van der Waals surface area contributed by atoms with E-state index < -0.39 is 0 Å². The number of hydrogen-bond acceptors (Lipinski definition) is 3. The van der Waals surface area contributed by atoms with E-state index in [0.717, 1.165) is 35.5 Å². The fraction of sp³-hybridized carbons (Fsp3) is 0.571. The summed E-state index contributed by atoms with van der Waals surface area (Å²) in [4.78, 5) is 4.83. The Balaban J connectivity index is 3.27. The molecule has 0 amide bonds. The minimum absolute atomic E-state index is 0.0553. The van der Waals surface area contributed by atoms with E-state index in [9.17, 15) is 0 Å². The van der Waals surface area contributed by atoms with Gasteiger partial charge in [0.25, 0.3) is 0 Å². The molecule has 0 aliphatic heterocycles. The fourth-order valence-electron chi connectivity index (χ4n) is 1.99. The van der Waals surface area contributed by atoms with Crippen molar-refractivity contribution in [3.8, 4) is 0 Å². The average molecular weight is 265 g/mol. The van der Waals surface area contributed by atoms with Gasteiger partial charge < -0.3 is 11.1 Å². The molecule has 0 spiro atoms. The summed E-state index contributed by atoms with van der Waals surface area (Å²) < 4.78 is 0. The van der Waals surface area contributed by atoms with Gasteiger partial charge in [-0.3, -0.25) is 4.98 Å². The third kappa shape index (κ3) is 3.19. The van der Waals surface area contributed by atoms with Crippen molar-refractivity contribution in [3.63, 3.8) is 0 Å². The lowest BCUT2D eigenvalue weighted by atomic mass is 9.94. The quantitative estimate of drug-likeness (QED) is 0.802. The van der Waals surface area contributed by atoms with Crippen LogP contribution < -0.4 is 11.1 Å². The highest BCUT2D eigenvalue weighted by molar-refractivity contribution is 7.80. The number of anilines is 1. The van der Waals surface area contributed by atoms with Crippen LogP contribution in [0.1, 0.15) is 50.6 Å². The molecule has 0 aliphatic carbocycles. The predicted octanol–water partition coefficient (Wildman–Crippen LogP) is 3.32. The first-order valence-corrected chi connectivity index (χ1v) is 6.80. The van der Waals surface area contributed by atoms with Crippen LogP contribution in [0.4, 0.5) is 5.69 Å². The van der Waals surface area contributed by atoms with Crippen LogP contribution in [-0.2, 0) is 0 Å². The van der Waals surface area contributed by atoms with Crippen molar-refractivity contribution in [3.05, 3.63) is 23.0 Å². The molecule has 0 aliphatic rings. The number of pyridine rings is 1. The Labute approximate surface area is 115 Å². The maximum absolute atomic E-state index is 5.82. The second-order valence-electron chi connectivity index (χ2n) is 5.03. The van der Waals surface area contributed by atoms with E-state index in [1.807, 2.05) is 19.9 Å². The number of thiocarbonyl (C=S) groups is 1. The molecule has 0 saturated carbocycles. The number of nitrogens with one attached hydrogen (secondary N) is 1. The first-order chi connectivity index (χ1) is 8.33. The number of rotatable bonds is 5. The summed E-state index contributed by atoms with van der Waals surface area (Å²) in [7, 11) is 0. The second-order valence-corrected chi connectivity index (χ2v) is 5.47. The third-order valence-electron chi connectivity index (χ3n) is 3.57. The van der Waals surface area contributed by atoms with Gasteiger partial charge in [-0.1, -0.05) is 26.1 Å². The molecule has 100 valence electrons. The molecule has 1 aromatic heterocycles. The van der Waals surface area contributed by atoms with Crippen LogP contribution in [0.3, 0.4) is 0 Å². The van der Waals surface area contributed by atoms with Crippen LogP contribution in [-0.4, -0.2) is 15.5 Å². The predicted molar refractivity (Wildman–Crippen MR) is 82.2 cm³/mol. The van der Waals surface area contributed by atoms with E-state index in [4.69, 9.17) is 18.0 Å². The summed E-state index contributed by atoms with van der Waals surface area (Å²) in [6.45, 7) is 10.5. The SMILES string of the molecule is CCC(C)(CC)Nc1cc(C)nc(C)c1C(N)=S. The van der Waals surface area contributed by atoms with E-state index in [1.165, 1.54) is 0 Å². The van der Waals surface area contributed by atoms with Crippen molar-refractivity contribution in [1.29, 1.82) is 0 Å². The summed E-state index contributed by atoms with van der Waals surface area (Å²) in [5.41, 5.74) is 9.60. The zero-order chi connectivity index (χ0) is 13.9. The van der Waals surface area contributed by atoms with Crippen LogP contribution >= 0.6 is 12.2 Å². The Morgan fingerprint density at radius 2 is 1.94 bits per heavy atom. The van der Waals surface area contributed by atoms with E-state index >= 15 is 0 Å². The number of nitrogens with zero attached hydrogens (tertiary/aromatic N) is 1. The second kappa shape index (κ2) is 5.65. The van der Waals surface area contributed by atoms with Crippen molar-refractivity contribution in [2.24, 2.45) is 5.73 Å². The number of aromatic nitrogens is 1. The lowest BCUT2D eigenvalue weighted by molar-refractivity contribution is 0.478. The van der Waals surface area contributed by atoms with E-state index in [-0.39, 0.29) is 5.54 Å². The van der Waals surface area contributed by atoms with Crippen molar-refractivity contribution < 1.29 is 0 Å². The Morgan fingerprint density at radius 3 is 2.39 bits per heavy atom. The summed E-state index contributed by atoms with van der Waals surface area (Å²) in [5.74, 6) is 0. The Bertz CT molecular complexity index is 451. The molecule has 3 nitrogen and oxygen atoms in total. The van der Waals surface area contributed by atoms with E-state index in [2.05, 4.69) is 31.1 Å². The van der Waals surface area contributed by atoms with Crippen LogP contribution in [0, 0.1) is 13.8 Å². The lowest BCUT2D eigenvalue weighted by Gasteiger charge is -2.31. The summed E-state index contributed by atoms with van der Waals surface area (Å²) in [5, 5.41) is 3.58. The number of aryl methyl sites for hydroxylation is 2. The number of hydrogen-bond donors (Lipinski definition) is 2. The van der Waals surface area contributed by atoms with Gasteiger partial charge in [0.05, 0.1) is 5.56 Å². The Hall–Kier alpha value is -1.16. The third-order valence-corrected chi connectivity index (χ3v) is 3.78. The smallest absolute Gasteiger partial charge is 0.107 e. The highest BCUT2D eigenvalue weighted by Crippen LogP contribution is 2.26. The molecule has 1 rings (SSSR count). The van der Waals surface area contributed by atoms with Gasteiger partial charge in [-0.2, -0.15) is 0 Å². The maximum Gasteiger partial charge on any atom is 0.107 e. The molecular weight excluding hydrogens is 242 g/mol. The Morgan fingerprint density at radius 1 is 1.39 bits per heavy atom. The van der Waals surface area contributed by atoms with Crippen molar-refractivity contribution in [2.45, 2.75) is 53.0 Å². The molecule has 1 heterocycles. The molecule has 3 N–H and O–H groups in total. The van der Waals surface area contributed by atoms with Gasteiger partial charge in [0, 0.05) is 22.6 Å². The zero-order valence-electron chi connectivity index (χ0n) is 11.9. The van der Waals surface area contributed by atoms with Gasteiger partial charge in [-0.25, -0.2) is 0 Å². The van der Waals surface area contributed by atoms with Gasteiger partial charge in [0.15, 0.2) is 0 Å². The monoisotopic (exact) mass is 265 g/mol. The van der Waals surface area contributed by atoms with Crippen LogP contribution in [0.5, 0.6) is 0 Å². The topological polar surface area (TPSA) is 50.9 Å². The van der Waals surface area contributed by atoms with E-state index in [0.29, 0.717) is 4.99 Å². The molecule has 0 bridgehead atoms. The molecule has 0 radical (unpaired) electrons. The van der Waals surface area contributed by atoms with Gasteiger partial charge >= 0.3 is 0 Å². The minimum Gasteiger partial charge on any atom is -0.389 e. The largest absolute Gasteiger partial charge is 0.389 e. The Kier molecular flexibility index (Phi) is 4.68. The molecule has 0 aromatic carbocycles. The normalized spacial score (nSPS) is 11.4. The molecule has 1 aromatic rings. The molecule has 0 saturated heterocycles.